The van der Waals surface area contributed by atoms with Crippen molar-refractivity contribution < 1.29 is 4.79 Å². The summed E-state index contributed by atoms with van der Waals surface area (Å²) in [6.07, 6.45) is 5.55. The summed E-state index contributed by atoms with van der Waals surface area (Å²) in [7, 11) is 0. The molecule has 0 aliphatic rings. The third-order valence-corrected chi connectivity index (χ3v) is 3.74. The highest BCUT2D eigenvalue weighted by atomic mass is 79.9. The number of nitrogens with one attached hydrogen (secondary N) is 1. The van der Waals surface area contributed by atoms with Gasteiger partial charge in [0.05, 0.1) is 28.8 Å². The van der Waals surface area contributed by atoms with Crippen molar-refractivity contribution in [1.29, 1.82) is 0 Å². The van der Waals surface area contributed by atoms with Crippen LogP contribution in [0.2, 0.25) is 0 Å². The summed E-state index contributed by atoms with van der Waals surface area (Å²) in [5.74, 6) is -0.122. The lowest BCUT2D eigenvalue weighted by Gasteiger charge is -2.12. The molecule has 0 radical (unpaired) electrons. The fourth-order valence-electron chi connectivity index (χ4n) is 2.05. The molecular weight excluding hydrogens is 334 g/mol. The molecular formula is C14H20BrN5O. The number of rotatable bonds is 6. The van der Waals surface area contributed by atoms with Crippen molar-refractivity contribution in [3.63, 3.8) is 0 Å². The van der Waals surface area contributed by atoms with Gasteiger partial charge in [-0.3, -0.25) is 14.2 Å². The van der Waals surface area contributed by atoms with Crippen molar-refractivity contribution >= 4 is 21.8 Å². The van der Waals surface area contributed by atoms with Crippen LogP contribution in [0.15, 0.2) is 23.1 Å². The molecule has 0 bridgehead atoms. The second-order valence-corrected chi connectivity index (χ2v) is 6.01. The minimum atomic E-state index is -0.140. The Bertz CT molecular complexity index is 619. The summed E-state index contributed by atoms with van der Waals surface area (Å²) in [6, 6.07) is 0. The third kappa shape index (κ3) is 4.17. The van der Waals surface area contributed by atoms with Gasteiger partial charge >= 0.3 is 0 Å². The van der Waals surface area contributed by atoms with E-state index in [0.717, 1.165) is 22.3 Å². The number of hydrogen-bond donors (Lipinski definition) is 1. The van der Waals surface area contributed by atoms with Gasteiger partial charge in [-0.2, -0.15) is 10.2 Å². The minimum Gasteiger partial charge on any atom is -0.352 e. The lowest BCUT2D eigenvalue weighted by atomic mass is 10.1. The van der Waals surface area contributed by atoms with E-state index in [1.165, 1.54) is 0 Å². The van der Waals surface area contributed by atoms with Gasteiger partial charge in [0.2, 0.25) is 5.91 Å². The quantitative estimate of drug-likeness (QED) is 0.864. The van der Waals surface area contributed by atoms with E-state index < -0.39 is 0 Å². The molecule has 6 nitrogen and oxygen atoms in total. The van der Waals surface area contributed by atoms with E-state index in [0.29, 0.717) is 13.1 Å². The smallest absolute Gasteiger partial charge is 0.224 e. The van der Waals surface area contributed by atoms with E-state index in [9.17, 15) is 4.79 Å². The molecule has 114 valence electrons. The monoisotopic (exact) mass is 353 g/mol. The van der Waals surface area contributed by atoms with E-state index in [4.69, 9.17) is 0 Å². The number of halogens is 1. The van der Waals surface area contributed by atoms with Gasteiger partial charge in [-0.05, 0) is 29.8 Å². The van der Waals surface area contributed by atoms with Gasteiger partial charge in [-0.1, -0.05) is 6.92 Å². The summed E-state index contributed by atoms with van der Waals surface area (Å²) in [6.45, 7) is 7.80. The van der Waals surface area contributed by atoms with Crippen LogP contribution in [0.25, 0.3) is 0 Å². The average molecular weight is 354 g/mol. The highest BCUT2D eigenvalue weighted by Crippen LogP contribution is 2.09. The van der Waals surface area contributed by atoms with Crippen LogP contribution in [0.5, 0.6) is 0 Å². The van der Waals surface area contributed by atoms with Crippen LogP contribution in [0.3, 0.4) is 0 Å². The van der Waals surface area contributed by atoms with Crippen LogP contribution in [0, 0.1) is 12.8 Å². The Hall–Kier alpha value is -1.63. The van der Waals surface area contributed by atoms with Crippen molar-refractivity contribution in [3.8, 4) is 0 Å². The summed E-state index contributed by atoms with van der Waals surface area (Å²) in [5, 5.41) is 11.5. The Morgan fingerprint density at radius 2 is 2.19 bits per heavy atom. The van der Waals surface area contributed by atoms with Crippen LogP contribution >= 0.6 is 15.9 Å². The molecule has 21 heavy (non-hydrogen) atoms. The number of aryl methyl sites for hydroxylation is 2. The maximum atomic E-state index is 12.1. The molecule has 0 spiro atoms. The van der Waals surface area contributed by atoms with Crippen molar-refractivity contribution in [3.05, 3.63) is 34.3 Å². The molecule has 0 fully saturated rings. The standard InChI is InChI=1S/C14H20BrN5O/c1-4-19-8-12(11(3)18-19)5-16-14(21)10(2)7-20-9-13(15)6-17-20/h6,8-10H,4-5,7H2,1-3H3,(H,16,21). The first-order valence-electron chi connectivity index (χ1n) is 6.98. The largest absolute Gasteiger partial charge is 0.352 e. The molecule has 1 unspecified atom stereocenters. The molecule has 0 aliphatic heterocycles. The molecule has 2 rings (SSSR count). The number of amides is 1. The molecule has 1 N–H and O–H groups in total. The normalized spacial score (nSPS) is 12.4. The highest BCUT2D eigenvalue weighted by Gasteiger charge is 2.14. The highest BCUT2D eigenvalue weighted by molar-refractivity contribution is 9.10. The molecule has 0 aliphatic carbocycles. The third-order valence-electron chi connectivity index (χ3n) is 3.34. The summed E-state index contributed by atoms with van der Waals surface area (Å²) in [5.41, 5.74) is 2.01. The van der Waals surface area contributed by atoms with Gasteiger partial charge in [-0.25, -0.2) is 0 Å². The fourth-order valence-corrected chi connectivity index (χ4v) is 2.38. The Labute approximate surface area is 132 Å². The zero-order valence-corrected chi connectivity index (χ0v) is 14.1. The minimum absolute atomic E-state index is 0.0188. The van der Waals surface area contributed by atoms with Gasteiger partial charge in [0, 0.05) is 31.0 Å². The number of nitrogens with zero attached hydrogens (tertiary/aromatic N) is 4. The molecule has 0 aromatic carbocycles. The SMILES string of the molecule is CCn1cc(CNC(=O)C(C)Cn2cc(Br)cn2)c(C)n1. The molecule has 7 heteroatoms. The summed E-state index contributed by atoms with van der Waals surface area (Å²) < 4.78 is 4.55. The van der Waals surface area contributed by atoms with Crippen molar-refractivity contribution in [2.75, 3.05) is 0 Å². The van der Waals surface area contributed by atoms with Crippen LogP contribution in [-0.2, 0) is 24.4 Å². The van der Waals surface area contributed by atoms with Crippen LogP contribution < -0.4 is 5.32 Å². The van der Waals surface area contributed by atoms with E-state index in [1.807, 2.05) is 37.8 Å². The van der Waals surface area contributed by atoms with Gasteiger partial charge in [-0.15, -0.1) is 0 Å². The van der Waals surface area contributed by atoms with Crippen LogP contribution in [0.4, 0.5) is 0 Å². The first kappa shape index (κ1) is 15.8. The second kappa shape index (κ2) is 6.89. The number of carbonyl (C=O) groups is 1. The van der Waals surface area contributed by atoms with Crippen molar-refractivity contribution in [2.45, 2.75) is 40.4 Å². The Morgan fingerprint density at radius 3 is 2.76 bits per heavy atom. The second-order valence-electron chi connectivity index (χ2n) is 5.09. The number of hydrogen-bond acceptors (Lipinski definition) is 3. The lowest BCUT2D eigenvalue weighted by Crippen LogP contribution is -2.31. The van der Waals surface area contributed by atoms with Gasteiger partial charge in [0.25, 0.3) is 0 Å². The van der Waals surface area contributed by atoms with E-state index in [2.05, 4.69) is 31.4 Å². The van der Waals surface area contributed by atoms with Crippen LogP contribution in [0.1, 0.15) is 25.1 Å². The predicted octanol–water partition coefficient (Wildman–Crippen LogP) is 2.12. The Balaban J connectivity index is 1.87. The molecule has 0 saturated carbocycles. The van der Waals surface area contributed by atoms with Gasteiger partial charge in [0.15, 0.2) is 0 Å². The molecule has 1 amide bonds. The first-order valence-corrected chi connectivity index (χ1v) is 7.77. The van der Waals surface area contributed by atoms with E-state index in [-0.39, 0.29) is 11.8 Å². The van der Waals surface area contributed by atoms with E-state index in [1.54, 1.807) is 10.9 Å². The van der Waals surface area contributed by atoms with E-state index >= 15 is 0 Å². The molecule has 1 atom stereocenters. The Kier molecular flexibility index (Phi) is 5.17. The maximum Gasteiger partial charge on any atom is 0.224 e. The van der Waals surface area contributed by atoms with Crippen molar-refractivity contribution in [1.82, 2.24) is 24.9 Å². The fraction of sp³-hybridized carbons (Fsp3) is 0.500. The zero-order valence-electron chi connectivity index (χ0n) is 12.5. The maximum absolute atomic E-state index is 12.1. The topological polar surface area (TPSA) is 64.7 Å². The van der Waals surface area contributed by atoms with Crippen LogP contribution in [-0.4, -0.2) is 25.5 Å². The average Bonchev–Trinajstić information content (AvgIpc) is 3.02. The molecule has 2 aromatic heterocycles. The Morgan fingerprint density at radius 1 is 1.43 bits per heavy atom. The predicted molar refractivity (Wildman–Crippen MR) is 83.6 cm³/mol. The summed E-state index contributed by atoms with van der Waals surface area (Å²) in [4.78, 5) is 12.1. The zero-order chi connectivity index (χ0) is 15.4. The van der Waals surface area contributed by atoms with Crippen molar-refractivity contribution in [2.24, 2.45) is 5.92 Å². The number of aromatic nitrogens is 4. The van der Waals surface area contributed by atoms with Gasteiger partial charge in [0.1, 0.15) is 0 Å². The molecule has 2 aromatic rings. The summed E-state index contributed by atoms with van der Waals surface area (Å²) >= 11 is 3.34. The van der Waals surface area contributed by atoms with Gasteiger partial charge < -0.3 is 5.32 Å². The lowest BCUT2D eigenvalue weighted by molar-refractivity contribution is -0.125. The molecule has 2 heterocycles. The first-order chi connectivity index (χ1) is 9.99. The number of carbonyl (C=O) groups excluding carboxylic acids is 1. The molecule has 0 saturated heterocycles.